The fourth-order valence-corrected chi connectivity index (χ4v) is 9.23. The predicted molar refractivity (Wildman–Crippen MR) is 225 cm³/mol. The summed E-state index contributed by atoms with van der Waals surface area (Å²) in [5.41, 5.74) is 4.28. The lowest BCUT2D eigenvalue weighted by Gasteiger charge is -2.15. The Hall–Kier alpha value is -5.14. The number of nitrogens with one attached hydrogen (secondary N) is 1. The second-order valence-electron chi connectivity index (χ2n) is 13.7. The highest BCUT2D eigenvalue weighted by Crippen LogP contribution is 2.40. The molecule has 1 aliphatic carbocycles. The summed E-state index contributed by atoms with van der Waals surface area (Å²) in [6.07, 6.45) is 13.7. The number of hydrogen-bond donors (Lipinski definition) is 1. The maximum Gasteiger partial charge on any atom is 0.234 e. The van der Waals surface area contributed by atoms with Gasteiger partial charge in [-0.2, -0.15) is 0 Å². The Labute approximate surface area is 321 Å². The second kappa shape index (κ2) is 16.5. The molecule has 1 heterocycles. The topological polar surface area (TPSA) is 69.6 Å². The quantitative estimate of drug-likeness (QED) is 0.0843. The van der Waals surface area contributed by atoms with Crippen LogP contribution in [-0.4, -0.2) is 42.1 Å². The molecule has 1 aliphatic rings. The first-order valence-corrected chi connectivity index (χ1v) is 20.3. The van der Waals surface area contributed by atoms with E-state index >= 15 is 0 Å². The molecule has 0 saturated heterocycles. The zero-order chi connectivity index (χ0) is 37.7. The number of nitrogens with zero attached hydrogens (tertiary/aromatic N) is 1. The van der Waals surface area contributed by atoms with Crippen molar-refractivity contribution in [2.45, 2.75) is 63.7 Å². The molecule has 4 radical (unpaired) electrons. The molecule has 0 amide bonds. The van der Waals surface area contributed by atoms with Crippen LogP contribution in [-0.2, 0) is 16.3 Å². The van der Waals surface area contributed by atoms with Crippen LogP contribution in [0.15, 0.2) is 130 Å². The van der Waals surface area contributed by atoms with Gasteiger partial charge < -0.3 is 19.2 Å². The van der Waals surface area contributed by atoms with Gasteiger partial charge in [-0.1, -0.05) is 99.5 Å². The van der Waals surface area contributed by atoms with Gasteiger partial charge in [-0.25, -0.2) is 8.42 Å². The minimum Gasteiger partial charge on any atom is -0.493 e. The highest BCUT2D eigenvalue weighted by molar-refractivity contribution is 7.95. The number of sulfone groups is 1. The number of fused-ring (bicyclic) bond motifs is 1. The van der Waals surface area contributed by atoms with Crippen LogP contribution in [0.3, 0.4) is 0 Å². The third-order valence-electron chi connectivity index (χ3n) is 10.2. The molecular weight excluding hydrogens is 686 g/mol. The van der Waals surface area contributed by atoms with Gasteiger partial charge in [-0.15, -0.1) is 0 Å². The standard InChI is InChI=1S/C45H44B2N2O4S/c1-3-5-29-52-41-27-24-38(48-46)43-31(14-11-19-36(41)43)13-10-15-32-21-22-33(45(32)54(50,51)34-16-8-7-9-17-34)23-25-39-35-18-12-20-37-42(53-30-6-4-2)28-26-40(44(35)37)49(39)47/h7-12,14-20,23-28,48H,3-6,13,21-22,29-30H2,1-2H3/b15-10+,33-23+,39-25+. The van der Waals surface area contributed by atoms with Gasteiger partial charge in [0, 0.05) is 43.5 Å². The molecule has 5 aromatic carbocycles. The van der Waals surface area contributed by atoms with Crippen LogP contribution in [0, 0.1) is 0 Å². The summed E-state index contributed by atoms with van der Waals surface area (Å²) in [5.74, 6) is 1.66. The van der Waals surface area contributed by atoms with Gasteiger partial charge in [0.2, 0.25) is 25.8 Å². The summed E-state index contributed by atoms with van der Waals surface area (Å²) < 4.78 is 42.8. The van der Waals surface area contributed by atoms with E-state index in [1.807, 2.05) is 72.8 Å². The monoisotopic (exact) mass is 730 g/mol. The van der Waals surface area contributed by atoms with Crippen LogP contribution in [0.2, 0.25) is 0 Å². The minimum absolute atomic E-state index is 0.267. The van der Waals surface area contributed by atoms with E-state index in [-0.39, 0.29) is 4.90 Å². The third kappa shape index (κ3) is 7.22. The zero-order valence-electron chi connectivity index (χ0n) is 31.0. The van der Waals surface area contributed by atoms with E-state index in [2.05, 4.69) is 37.3 Å². The molecule has 1 N–H and O–H groups in total. The molecule has 54 heavy (non-hydrogen) atoms. The van der Waals surface area contributed by atoms with E-state index in [1.54, 1.807) is 28.7 Å². The first-order valence-electron chi connectivity index (χ1n) is 18.9. The van der Waals surface area contributed by atoms with Gasteiger partial charge in [-0.05, 0) is 91.3 Å². The molecule has 7 rings (SSSR count). The number of allylic oxidation sites excluding steroid dienone is 5. The smallest absolute Gasteiger partial charge is 0.234 e. The number of benzene rings is 5. The lowest BCUT2D eigenvalue weighted by molar-refractivity contribution is 0.313. The maximum atomic E-state index is 14.4. The second-order valence-corrected chi connectivity index (χ2v) is 15.6. The van der Waals surface area contributed by atoms with Crippen LogP contribution < -0.4 is 20.1 Å². The van der Waals surface area contributed by atoms with Crippen molar-refractivity contribution in [3.05, 3.63) is 136 Å². The Morgan fingerprint density at radius 1 is 0.759 bits per heavy atom. The molecule has 9 heteroatoms. The van der Waals surface area contributed by atoms with Gasteiger partial charge >= 0.3 is 0 Å². The molecule has 6 aromatic rings. The van der Waals surface area contributed by atoms with E-state index in [0.29, 0.717) is 37.4 Å². The van der Waals surface area contributed by atoms with Crippen molar-refractivity contribution in [3.8, 4) is 11.5 Å². The van der Waals surface area contributed by atoms with Crippen molar-refractivity contribution < 1.29 is 17.9 Å². The molecule has 270 valence electrons. The Morgan fingerprint density at radius 2 is 1.43 bits per heavy atom. The Balaban J connectivity index is 1.29. The van der Waals surface area contributed by atoms with Crippen molar-refractivity contribution in [1.82, 2.24) is 4.48 Å². The Kier molecular flexibility index (Phi) is 11.3. The van der Waals surface area contributed by atoms with Gasteiger partial charge in [0.1, 0.15) is 11.5 Å². The average Bonchev–Trinajstić information content (AvgIpc) is 3.73. The highest BCUT2D eigenvalue weighted by Gasteiger charge is 2.30. The summed E-state index contributed by atoms with van der Waals surface area (Å²) in [5, 5.41) is 8.65. The molecule has 0 unspecified atom stereocenters. The summed E-state index contributed by atoms with van der Waals surface area (Å²) in [4.78, 5) is 0.614. The molecule has 1 aromatic heterocycles. The number of aromatic nitrogens is 1. The molecule has 0 fully saturated rings. The van der Waals surface area contributed by atoms with Crippen molar-refractivity contribution in [3.63, 3.8) is 0 Å². The molecular formula is C45H44B2N2O4S. The summed E-state index contributed by atoms with van der Waals surface area (Å²) in [6.45, 7) is 5.58. The van der Waals surface area contributed by atoms with Crippen LogP contribution >= 0.6 is 0 Å². The molecule has 0 spiro atoms. The number of hydrogen-bond acceptors (Lipinski definition) is 5. The maximum absolute atomic E-state index is 14.4. The fraction of sp³-hybridized carbons (Fsp3) is 0.244. The largest absolute Gasteiger partial charge is 0.493 e. The third-order valence-corrected chi connectivity index (χ3v) is 12.2. The molecule has 0 saturated carbocycles. The first kappa shape index (κ1) is 37.2. The SMILES string of the molecule is [B]Nc1ccc(OCCCC)c2cccc(C/C=C/C3=C(S(=O)(=O)c4ccccc4)C(=C/C=c4\c5cccc6c(OCCCC)ccc(c65)n4[B])/CC3)c12. The van der Waals surface area contributed by atoms with Crippen molar-refractivity contribution >= 4 is 70.0 Å². The average molecular weight is 731 g/mol. The van der Waals surface area contributed by atoms with Crippen LogP contribution in [0.5, 0.6) is 11.5 Å². The van der Waals surface area contributed by atoms with Gasteiger partial charge in [-0.3, -0.25) is 0 Å². The number of anilines is 1. The van der Waals surface area contributed by atoms with Gasteiger partial charge in [0.25, 0.3) is 0 Å². The van der Waals surface area contributed by atoms with E-state index in [1.165, 1.54) is 0 Å². The van der Waals surface area contributed by atoms with E-state index in [4.69, 9.17) is 25.4 Å². The normalized spacial score (nSPS) is 14.8. The molecule has 0 atom stereocenters. The van der Waals surface area contributed by atoms with Gasteiger partial charge in [0.05, 0.1) is 23.0 Å². The highest BCUT2D eigenvalue weighted by atomic mass is 32.2. The number of ether oxygens (including phenoxy) is 2. The van der Waals surface area contributed by atoms with Crippen LogP contribution in [0.4, 0.5) is 5.69 Å². The summed E-state index contributed by atoms with van der Waals surface area (Å²) in [6, 6.07) is 28.8. The number of rotatable bonds is 15. The fourth-order valence-electron chi connectivity index (χ4n) is 7.45. The first-order chi connectivity index (χ1) is 26.4. The summed E-state index contributed by atoms with van der Waals surface area (Å²) in [7, 11) is 8.86. The van der Waals surface area contributed by atoms with Gasteiger partial charge in [0.15, 0.2) is 0 Å². The lowest BCUT2D eigenvalue weighted by Crippen LogP contribution is -2.14. The van der Waals surface area contributed by atoms with Crippen molar-refractivity contribution in [2.75, 3.05) is 18.4 Å². The lowest BCUT2D eigenvalue weighted by atomic mass is 9.98. The van der Waals surface area contributed by atoms with E-state index in [9.17, 15) is 8.42 Å². The van der Waals surface area contributed by atoms with E-state index in [0.717, 1.165) is 97.4 Å². The molecule has 0 bridgehead atoms. The van der Waals surface area contributed by atoms with Crippen molar-refractivity contribution in [2.24, 2.45) is 0 Å². The molecule has 0 aliphatic heterocycles. The summed E-state index contributed by atoms with van der Waals surface area (Å²) >= 11 is 0. The Morgan fingerprint density at radius 3 is 2.13 bits per heavy atom. The Bertz CT molecular complexity index is 2570. The van der Waals surface area contributed by atoms with Crippen molar-refractivity contribution in [1.29, 1.82) is 0 Å². The predicted octanol–water partition coefficient (Wildman–Crippen LogP) is 9.48. The van der Waals surface area contributed by atoms with Crippen LogP contribution in [0.1, 0.15) is 57.9 Å². The number of unbranched alkanes of at least 4 members (excludes halogenated alkanes) is 2. The van der Waals surface area contributed by atoms with E-state index < -0.39 is 9.84 Å². The van der Waals surface area contributed by atoms with Crippen LogP contribution in [0.25, 0.3) is 38.5 Å². The molecule has 6 nitrogen and oxygen atoms in total. The minimum atomic E-state index is -3.84. The zero-order valence-corrected chi connectivity index (χ0v) is 31.8.